The average Bonchev–Trinajstić information content (AvgIpc) is 3.07. The first-order chi connectivity index (χ1) is 12.9. The zero-order valence-corrected chi connectivity index (χ0v) is 14.7. The molecule has 0 radical (unpaired) electrons. The highest BCUT2D eigenvalue weighted by Crippen LogP contribution is 2.32. The van der Waals surface area contributed by atoms with Crippen LogP contribution in [0.2, 0.25) is 0 Å². The van der Waals surface area contributed by atoms with Gasteiger partial charge in [0.05, 0.1) is 28.7 Å². The number of anilines is 2. The van der Waals surface area contributed by atoms with E-state index >= 15 is 0 Å². The van der Waals surface area contributed by atoms with Gasteiger partial charge in [-0.15, -0.1) is 11.3 Å². The monoisotopic (exact) mass is 387 g/mol. The van der Waals surface area contributed by atoms with E-state index in [2.05, 4.69) is 15.3 Å². The van der Waals surface area contributed by atoms with Gasteiger partial charge in [-0.05, 0) is 25.1 Å². The van der Waals surface area contributed by atoms with Crippen molar-refractivity contribution < 1.29 is 29.3 Å². The smallest absolute Gasteiger partial charge is 0.339 e. The van der Waals surface area contributed by atoms with Crippen LogP contribution in [0.3, 0.4) is 0 Å². The van der Waals surface area contributed by atoms with E-state index in [-0.39, 0.29) is 34.8 Å². The van der Waals surface area contributed by atoms with Gasteiger partial charge in [-0.2, -0.15) is 0 Å². The summed E-state index contributed by atoms with van der Waals surface area (Å²) in [5, 5.41) is 23.3. The lowest BCUT2D eigenvalue weighted by Crippen LogP contribution is -2.07. The maximum Gasteiger partial charge on any atom is 0.339 e. The number of esters is 1. The molecule has 2 heterocycles. The van der Waals surface area contributed by atoms with Crippen LogP contribution in [-0.4, -0.2) is 44.7 Å². The molecule has 2 aromatic heterocycles. The number of rotatable bonds is 6. The molecule has 0 spiro atoms. The number of carboxylic acids is 2. The molecule has 0 aliphatic rings. The zero-order valence-electron chi connectivity index (χ0n) is 13.9. The number of carbonyl (C=O) groups is 3. The topological polar surface area (TPSA) is 139 Å². The first-order valence-corrected chi connectivity index (χ1v) is 8.56. The summed E-state index contributed by atoms with van der Waals surface area (Å²) in [6.45, 7) is 1.89. The Morgan fingerprint density at radius 2 is 1.78 bits per heavy atom. The number of nitrogens with zero attached hydrogens (tertiary/aromatic N) is 2. The third-order valence-electron chi connectivity index (χ3n) is 3.56. The van der Waals surface area contributed by atoms with Crippen molar-refractivity contribution >= 4 is 51.0 Å². The van der Waals surface area contributed by atoms with Crippen LogP contribution in [0.1, 0.15) is 38.0 Å². The van der Waals surface area contributed by atoms with Gasteiger partial charge < -0.3 is 20.3 Å². The van der Waals surface area contributed by atoms with E-state index in [1.54, 1.807) is 12.3 Å². The fourth-order valence-electron chi connectivity index (χ4n) is 2.41. The number of aromatic nitrogens is 2. The second-order valence-electron chi connectivity index (χ2n) is 5.31. The van der Waals surface area contributed by atoms with Crippen molar-refractivity contribution in [2.75, 3.05) is 11.9 Å². The fourth-order valence-corrected chi connectivity index (χ4v) is 3.29. The molecular formula is C17H13N3O6S. The predicted octanol–water partition coefficient (Wildman–Crippen LogP) is 3.01. The largest absolute Gasteiger partial charge is 0.478 e. The Balaban J connectivity index is 2.09. The quantitative estimate of drug-likeness (QED) is 0.545. The van der Waals surface area contributed by atoms with E-state index in [1.165, 1.54) is 29.8 Å². The van der Waals surface area contributed by atoms with E-state index in [4.69, 9.17) is 4.74 Å². The van der Waals surface area contributed by atoms with E-state index in [1.807, 2.05) is 0 Å². The lowest BCUT2D eigenvalue weighted by Gasteiger charge is -2.10. The summed E-state index contributed by atoms with van der Waals surface area (Å²) in [6.07, 6.45) is 1.29. The molecule has 0 saturated heterocycles. The summed E-state index contributed by atoms with van der Waals surface area (Å²) in [7, 11) is 0. The lowest BCUT2D eigenvalue weighted by molar-refractivity contribution is 0.0528. The third-order valence-corrected chi connectivity index (χ3v) is 4.44. The molecule has 0 unspecified atom stereocenters. The summed E-state index contributed by atoms with van der Waals surface area (Å²) in [5.41, 5.74) is 0.0818. The second-order valence-corrected chi connectivity index (χ2v) is 6.16. The molecule has 27 heavy (non-hydrogen) atoms. The Morgan fingerprint density at radius 3 is 2.37 bits per heavy atom. The number of ether oxygens (including phenoxy) is 1. The van der Waals surface area contributed by atoms with E-state index in [9.17, 15) is 24.6 Å². The van der Waals surface area contributed by atoms with Crippen LogP contribution in [0.25, 0.3) is 10.2 Å². The minimum absolute atomic E-state index is 0.196. The number of carboxylic acid groups (broad SMARTS) is 2. The number of carbonyl (C=O) groups excluding carboxylic acids is 1. The van der Waals surface area contributed by atoms with Crippen LogP contribution in [0.15, 0.2) is 29.9 Å². The molecule has 0 bridgehead atoms. The molecule has 0 saturated carbocycles. The molecule has 10 heteroatoms. The molecule has 0 fully saturated rings. The van der Waals surface area contributed by atoms with Crippen molar-refractivity contribution in [2.24, 2.45) is 0 Å². The number of fused-ring (bicyclic) bond motifs is 1. The standard InChI is InChI=1S/C17H13N3O6S/c1-2-26-17(25)11-6-27-14-12(11)13(18-7-19-14)20-10-4-8(15(21)22)3-9(5-10)16(23)24/h3-7H,2H2,1H3,(H,21,22)(H,23,24)(H,18,19,20). The second kappa shape index (κ2) is 7.38. The van der Waals surface area contributed by atoms with Gasteiger partial charge in [0, 0.05) is 11.1 Å². The number of benzene rings is 1. The van der Waals surface area contributed by atoms with Gasteiger partial charge in [-0.1, -0.05) is 0 Å². The van der Waals surface area contributed by atoms with E-state index in [0.29, 0.717) is 10.2 Å². The minimum atomic E-state index is -1.27. The summed E-state index contributed by atoms with van der Waals surface area (Å²) in [4.78, 5) is 43.4. The first-order valence-electron chi connectivity index (χ1n) is 7.68. The van der Waals surface area contributed by atoms with Gasteiger partial charge in [-0.25, -0.2) is 24.4 Å². The molecule has 0 aliphatic heterocycles. The summed E-state index contributed by atoms with van der Waals surface area (Å²) >= 11 is 1.23. The number of hydrogen-bond donors (Lipinski definition) is 3. The number of hydrogen-bond acceptors (Lipinski definition) is 8. The SMILES string of the molecule is CCOC(=O)c1csc2ncnc(Nc3cc(C(=O)O)cc(C(=O)O)c3)c12. The Bertz CT molecular complexity index is 1030. The minimum Gasteiger partial charge on any atom is -0.478 e. The normalized spacial score (nSPS) is 10.6. The molecule has 3 rings (SSSR count). The van der Waals surface area contributed by atoms with Crippen LogP contribution in [0, 0.1) is 0 Å². The van der Waals surface area contributed by atoms with Crippen LogP contribution < -0.4 is 5.32 Å². The Hall–Kier alpha value is -3.53. The predicted molar refractivity (Wildman–Crippen MR) is 97.0 cm³/mol. The van der Waals surface area contributed by atoms with Crippen LogP contribution in [0.5, 0.6) is 0 Å². The van der Waals surface area contributed by atoms with Crippen LogP contribution >= 0.6 is 11.3 Å². The van der Waals surface area contributed by atoms with Gasteiger partial charge in [0.15, 0.2) is 0 Å². The molecule has 0 atom stereocenters. The average molecular weight is 387 g/mol. The van der Waals surface area contributed by atoms with Crippen molar-refractivity contribution in [1.82, 2.24) is 9.97 Å². The van der Waals surface area contributed by atoms with E-state index in [0.717, 1.165) is 6.07 Å². The Morgan fingerprint density at radius 1 is 1.11 bits per heavy atom. The van der Waals surface area contributed by atoms with Crippen molar-refractivity contribution in [2.45, 2.75) is 6.92 Å². The van der Waals surface area contributed by atoms with Crippen molar-refractivity contribution in [3.8, 4) is 0 Å². The maximum absolute atomic E-state index is 12.2. The summed E-state index contributed by atoms with van der Waals surface area (Å²) in [5.74, 6) is -2.83. The van der Waals surface area contributed by atoms with Crippen molar-refractivity contribution in [1.29, 1.82) is 0 Å². The molecule has 3 aromatic rings. The summed E-state index contributed by atoms with van der Waals surface area (Å²) in [6, 6.07) is 3.61. The summed E-state index contributed by atoms with van der Waals surface area (Å²) < 4.78 is 5.03. The van der Waals surface area contributed by atoms with Crippen molar-refractivity contribution in [3.63, 3.8) is 0 Å². The highest BCUT2D eigenvalue weighted by atomic mass is 32.1. The molecule has 3 N–H and O–H groups in total. The van der Waals surface area contributed by atoms with E-state index < -0.39 is 17.9 Å². The maximum atomic E-state index is 12.2. The third kappa shape index (κ3) is 3.70. The molecule has 0 amide bonds. The van der Waals surface area contributed by atoms with Crippen LogP contribution in [0.4, 0.5) is 11.5 Å². The molecule has 9 nitrogen and oxygen atoms in total. The lowest BCUT2D eigenvalue weighted by atomic mass is 10.1. The van der Waals surface area contributed by atoms with Gasteiger partial charge in [0.25, 0.3) is 0 Å². The molecular weight excluding hydrogens is 374 g/mol. The molecule has 0 aliphatic carbocycles. The molecule has 1 aromatic carbocycles. The van der Waals surface area contributed by atoms with Crippen LogP contribution in [-0.2, 0) is 4.74 Å². The zero-order chi connectivity index (χ0) is 19.6. The Labute approximate surface area is 156 Å². The van der Waals surface area contributed by atoms with Gasteiger partial charge in [0.1, 0.15) is 17.0 Å². The van der Waals surface area contributed by atoms with Gasteiger partial charge >= 0.3 is 17.9 Å². The molecule has 138 valence electrons. The highest BCUT2D eigenvalue weighted by Gasteiger charge is 2.19. The fraction of sp³-hybridized carbons (Fsp3) is 0.118. The number of nitrogens with one attached hydrogen (secondary N) is 1. The highest BCUT2D eigenvalue weighted by molar-refractivity contribution is 7.17. The van der Waals surface area contributed by atoms with Gasteiger partial charge in [0.2, 0.25) is 0 Å². The Kier molecular flexibility index (Phi) is 4.99. The van der Waals surface area contributed by atoms with Gasteiger partial charge in [-0.3, -0.25) is 0 Å². The number of thiophene rings is 1. The van der Waals surface area contributed by atoms with Crippen molar-refractivity contribution in [3.05, 3.63) is 46.6 Å². The number of aromatic carboxylic acids is 2. The first kappa shape index (κ1) is 18.3.